The molecule has 0 aromatic heterocycles. The van der Waals surface area contributed by atoms with Crippen molar-refractivity contribution in [2.45, 2.75) is 58.8 Å². The minimum Gasteiger partial charge on any atom is -0.392 e. The molecule has 33 heavy (non-hydrogen) atoms. The zero-order valence-electron chi connectivity index (χ0n) is 20.4. The molecule has 184 valence electrons. The molecule has 0 aromatic rings. The van der Waals surface area contributed by atoms with Crippen LogP contribution in [0.5, 0.6) is 0 Å². The van der Waals surface area contributed by atoms with E-state index in [-0.39, 0.29) is 23.8 Å². The van der Waals surface area contributed by atoms with Crippen LogP contribution >= 0.6 is 11.8 Å². The van der Waals surface area contributed by atoms with Crippen molar-refractivity contribution in [2.75, 3.05) is 32.6 Å². The molecule has 1 aliphatic carbocycles. The first-order chi connectivity index (χ1) is 15.9. The van der Waals surface area contributed by atoms with Crippen LogP contribution in [0, 0.1) is 35.0 Å². The van der Waals surface area contributed by atoms with Gasteiger partial charge >= 0.3 is 6.03 Å². The van der Waals surface area contributed by atoms with Crippen LogP contribution in [-0.4, -0.2) is 49.4 Å². The number of fused-ring (bicyclic) bond motifs is 1. The van der Waals surface area contributed by atoms with Crippen molar-refractivity contribution in [2.24, 2.45) is 29.4 Å². The lowest BCUT2D eigenvalue weighted by Crippen LogP contribution is -2.47. The smallest absolute Gasteiger partial charge is 0.324 e. The number of urea groups is 1. The van der Waals surface area contributed by atoms with E-state index in [1.165, 1.54) is 4.90 Å². The lowest BCUT2D eigenvalue weighted by Gasteiger charge is -2.29. The van der Waals surface area contributed by atoms with Gasteiger partial charge in [-0.2, -0.15) is 5.26 Å². The van der Waals surface area contributed by atoms with Gasteiger partial charge in [-0.1, -0.05) is 19.9 Å². The Morgan fingerprint density at radius 3 is 2.70 bits per heavy atom. The van der Waals surface area contributed by atoms with Gasteiger partial charge in [-0.15, -0.1) is 11.8 Å². The maximum Gasteiger partial charge on any atom is 0.324 e. The maximum absolute atomic E-state index is 13.7. The third kappa shape index (κ3) is 7.51. The molecule has 1 heterocycles. The molecule has 1 unspecified atom stereocenters. The largest absolute Gasteiger partial charge is 0.392 e. The van der Waals surface area contributed by atoms with Gasteiger partial charge < -0.3 is 15.8 Å². The summed E-state index contributed by atoms with van der Waals surface area (Å²) in [4.78, 5) is 27.8. The van der Waals surface area contributed by atoms with Gasteiger partial charge in [0.15, 0.2) is 0 Å². The number of ether oxygens (including phenoxy) is 1. The van der Waals surface area contributed by atoms with Crippen LogP contribution in [0.1, 0.15) is 58.8 Å². The first-order valence-electron chi connectivity index (χ1n) is 12.1. The predicted octanol–water partition coefficient (Wildman–Crippen LogP) is 4.42. The van der Waals surface area contributed by atoms with E-state index in [0.717, 1.165) is 37.0 Å². The van der Waals surface area contributed by atoms with Gasteiger partial charge in [-0.05, 0) is 74.5 Å². The summed E-state index contributed by atoms with van der Waals surface area (Å²) in [5.41, 5.74) is 7.43. The van der Waals surface area contributed by atoms with Crippen LogP contribution in [0.3, 0.4) is 0 Å². The Morgan fingerprint density at radius 2 is 2.06 bits per heavy atom. The Morgan fingerprint density at radius 1 is 1.30 bits per heavy atom. The molecule has 1 aliphatic heterocycles. The minimum atomic E-state index is -0.329. The number of carbonyl (C=O) groups is 2. The van der Waals surface area contributed by atoms with Crippen LogP contribution in [0.25, 0.3) is 0 Å². The monoisotopic (exact) mass is 476 g/mol. The van der Waals surface area contributed by atoms with E-state index in [0.29, 0.717) is 61.4 Å². The maximum atomic E-state index is 13.7. The normalized spacial score (nSPS) is 28.4. The quantitative estimate of drug-likeness (QED) is 0.527. The van der Waals surface area contributed by atoms with Gasteiger partial charge in [0, 0.05) is 32.7 Å². The molecule has 2 aliphatic rings. The molecule has 2 rings (SSSR count). The highest BCUT2D eigenvalue weighted by atomic mass is 32.2. The summed E-state index contributed by atoms with van der Waals surface area (Å²) < 4.78 is 5.14. The summed E-state index contributed by atoms with van der Waals surface area (Å²) in [6.45, 7) is 9.54. The molecular weight excluding hydrogens is 436 g/mol. The first-order valence-corrected chi connectivity index (χ1v) is 13.1. The van der Waals surface area contributed by atoms with E-state index < -0.39 is 0 Å². The highest BCUT2D eigenvalue weighted by molar-refractivity contribution is 8.03. The van der Waals surface area contributed by atoms with Crippen molar-refractivity contribution in [1.82, 2.24) is 10.2 Å². The summed E-state index contributed by atoms with van der Waals surface area (Å²) in [6.07, 6.45) is 5.86. The fraction of sp³-hybridized carbons (Fsp3) is 0.720. The average molecular weight is 477 g/mol. The number of nitrogens with one attached hydrogen (secondary N) is 1. The van der Waals surface area contributed by atoms with Crippen molar-refractivity contribution in [3.05, 3.63) is 22.8 Å². The molecule has 8 heteroatoms. The Labute approximate surface area is 203 Å². The van der Waals surface area contributed by atoms with Crippen molar-refractivity contribution in [3.63, 3.8) is 0 Å². The number of thioether (sulfide) groups is 1. The van der Waals surface area contributed by atoms with Gasteiger partial charge in [-0.25, -0.2) is 4.79 Å². The number of nitriles is 1. The first kappa shape index (κ1) is 27.3. The van der Waals surface area contributed by atoms with Crippen LogP contribution < -0.4 is 11.1 Å². The molecule has 1 saturated carbocycles. The molecule has 0 saturated heterocycles. The highest BCUT2D eigenvalue weighted by Gasteiger charge is 2.38. The standard InChI is InChI=1S/C25H40N4O3S/c1-5-18-13-19-8-11-33-23(27)22(16-26)17(3)12-20(19)15-21(14-18)24(30)29(9-7-10-32-4)25(31)28-6-2/h18-21H,3,5-15,27H2,1-2,4H3,(H,28,31)/b23-22-/t18?,19-,20-,21-/m0/s1. The zero-order valence-corrected chi connectivity index (χ0v) is 21.2. The summed E-state index contributed by atoms with van der Waals surface area (Å²) in [5, 5.41) is 13.0. The number of hydrogen-bond donors (Lipinski definition) is 2. The van der Waals surface area contributed by atoms with Crippen LogP contribution in [0.15, 0.2) is 22.8 Å². The molecule has 3 amide bonds. The van der Waals surface area contributed by atoms with Gasteiger partial charge in [0.2, 0.25) is 5.91 Å². The number of carbonyl (C=O) groups excluding carboxylic acids is 2. The highest BCUT2D eigenvalue weighted by Crippen LogP contribution is 2.44. The van der Waals surface area contributed by atoms with Crippen molar-refractivity contribution < 1.29 is 14.3 Å². The number of nitrogens with zero attached hydrogens (tertiary/aromatic N) is 2. The van der Waals surface area contributed by atoms with Gasteiger partial charge in [0.05, 0.1) is 10.6 Å². The molecule has 0 spiro atoms. The summed E-state index contributed by atoms with van der Waals surface area (Å²) in [7, 11) is 1.62. The van der Waals surface area contributed by atoms with E-state index in [2.05, 4.69) is 24.9 Å². The summed E-state index contributed by atoms with van der Waals surface area (Å²) in [6, 6.07) is 1.91. The van der Waals surface area contributed by atoms with E-state index in [4.69, 9.17) is 10.5 Å². The lowest BCUT2D eigenvalue weighted by molar-refractivity contribution is -0.133. The van der Waals surface area contributed by atoms with Crippen molar-refractivity contribution in [3.8, 4) is 6.07 Å². The molecule has 3 N–H and O–H groups in total. The number of allylic oxidation sites excluding steroid dienone is 2. The number of hydrogen-bond acceptors (Lipinski definition) is 6. The van der Waals surface area contributed by atoms with Gasteiger partial charge in [-0.3, -0.25) is 9.69 Å². The molecule has 0 radical (unpaired) electrons. The second kappa shape index (κ2) is 13.7. The predicted molar refractivity (Wildman–Crippen MR) is 133 cm³/mol. The second-order valence-corrected chi connectivity index (χ2v) is 10.3. The van der Waals surface area contributed by atoms with E-state index in [1.807, 2.05) is 6.92 Å². The van der Waals surface area contributed by atoms with Crippen LogP contribution in [0.2, 0.25) is 0 Å². The molecule has 4 atom stereocenters. The van der Waals surface area contributed by atoms with Crippen molar-refractivity contribution in [1.29, 1.82) is 5.26 Å². The number of nitrogens with two attached hydrogens (primary N) is 1. The van der Waals surface area contributed by atoms with Gasteiger partial charge in [0.1, 0.15) is 6.07 Å². The molecular formula is C25H40N4O3S. The average Bonchev–Trinajstić information content (AvgIpc) is 2.93. The number of methoxy groups -OCH3 is 1. The Bertz CT molecular complexity index is 776. The molecule has 0 bridgehead atoms. The Kier molecular flexibility index (Phi) is 11.3. The number of amides is 3. The SMILES string of the molecule is C=C1C[C@H]2C[C@@H](C(=O)N(CCCOC)C(=O)NCC)CC(CC)C[C@@H]2CCS/C(N)=C\1C#N. The third-order valence-electron chi connectivity index (χ3n) is 6.97. The fourth-order valence-corrected chi connectivity index (χ4v) is 6.15. The fourth-order valence-electron chi connectivity index (χ4n) is 5.18. The zero-order chi connectivity index (χ0) is 24.4. The van der Waals surface area contributed by atoms with E-state index in [9.17, 15) is 14.9 Å². The summed E-state index contributed by atoms with van der Waals surface area (Å²) in [5.74, 6) is 1.68. The lowest BCUT2D eigenvalue weighted by atomic mass is 9.78. The Balaban J connectivity index is 2.30. The molecule has 7 nitrogen and oxygen atoms in total. The van der Waals surface area contributed by atoms with E-state index in [1.54, 1.807) is 18.9 Å². The molecule has 1 fully saturated rings. The Hall–Kier alpha value is -1.98. The second-order valence-electron chi connectivity index (χ2n) is 9.17. The van der Waals surface area contributed by atoms with Crippen LogP contribution in [-0.2, 0) is 9.53 Å². The number of rotatable bonds is 7. The summed E-state index contributed by atoms with van der Waals surface area (Å²) >= 11 is 1.54. The molecule has 0 aromatic carbocycles. The number of imide groups is 1. The third-order valence-corrected chi connectivity index (χ3v) is 7.93. The van der Waals surface area contributed by atoms with E-state index >= 15 is 0 Å². The minimum absolute atomic E-state index is 0.0911. The topological polar surface area (TPSA) is 108 Å². The van der Waals surface area contributed by atoms with Crippen LogP contribution in [0.4, 0.5) is 4.79 Å². The van der Waals surface area contributed by atoms with Gasteiger partial charge in [0.25, 0.3) is 0 Å². The van der Waals surface area contributed by atoms with Crippen molar-refractivity contribution >= 4 is 23.7 Å².